The van der Waals surface area contributed by atoms with Crippen molar-refractivity contribution in [3.05, 3.63) is 53.1 Å². The summed E-state index contributed by atoms with van der Waals surface area (Å²) in [7, 11) is 4.95. The molecule has 0 unspecified atom stereocenters. The van der Waals surface area contributed by atoms with Crippen LogP contribution in [0.5, 0.6) is 17.2 Å². The van der Waals surface area contributed by atoms with Crippen molar-refractivity contribution in [2.45, 2.75) is 44.2 Å². The maximum atomic E-state index is 13.0. The van der Waals surface area contributed by atoms with E-state index >= 15 is 0 Å². The number of amides is 1. The molecule has 0 saturated carbocycles. The third-order valence-electron chi connectivity index (χ3n) is 6.80. The number of carbonyl (C=O) groups excluding carboxylic acids is 1. The highest BCUT2D eigenvalue weighted by Gasteiger charge is 2.42. The van der Waals surface area contributed by atoms with Gasteiger partial charge in [0.05, 0.1) is 26.9 Å². The first kappa shape index (κ1) is 21.5. The van der Waals surface area contributed by atoms with Crippen LogP contribution >= 0.6 is 0 Å². The number of aryl methyl sites for hydroxylation is 1. The summed E-state index contributed by atoms with van der Waals surface area (Å²) in [6.07, 6.45) is 3.75. The Kier molecular flexibility index (Phi) is 6.10. The topological polar surface area (TPSA) is 60.0 Å². The predicted molar refractivity (Wildman–Crippen MR) is 120 cm³/mol. The molecule has 1 saturated heterocycles. The zero-order chi connectivity index (χ0) is 22.0. The average molecular weight is 425 g/mol. The van der Waals surface area contributed by atoms with Gasteiger partial charge in [0, 0.05) is 24.7 Å². The van der Waals surface area contributed by atoms with Crippen LogP contribution in [0.25, 0.3) is 0 Å². The molecule has 166 valence electrons. The fourth-order valence-electron chi connectivity index (χ4n) is 4.92. The van der Waals surface area contributed by atoms with Crippen molar-refractivity contribution in [3.63, 3.8) is 0 Å². The number of rotatable bonds is 6. The Balaban J connectivity index is 1.44. The van der Waals surface area contributed by atoms with E-state index in [0.717, 1.165) is 67.1 Å². The molecular formula is C25H32N2O4. The van der Waals surface area contributed by atoms with Crippen LogP contribution in [0, 0.1) is 0 Å². The molecule has 6 nitrogen and oxygen atoms in total. The van der Waals surface area contributed by atoms with E-state index in [1.54, 1.807) is 21.3 Å². The van der Waals surface area contributed by atoms with Crippen molar-refractivity contribution in [1.29, 1.82) is 0 Å². The van der Waals surface area contributed by atoms with Gasteiger partial charge < -0.3 is 19.5 Å². The standard InChI is InChI=1S/C25H32N2O4/c1-17(13-18-5-8-22(30-3)23(14-18)31-4)27-12-11-25(16-27)10-9-19-6-7-20(29-2)15-21(19)24(28)26-25/h5-8,14-15,17H,9-13,16H2,1-4H3,(H,26,28)/t17-,25+/m1/s1. The monoisotopic (exact) mass is 424 g/mol. The highest BCUT2D eigenvalue weighted by atomic mass is 16.5. The number of fused-ring (bicyclic) bond motifs is 1. The number of likely N-dealkylation sites (tertiary alicyclic amines) is 1. The zero-order valence-electron chi connectivity index (χ0n) is 18.9. The molecule has 31 heavy (non-hydrogen) atoms. The van der Waals surface area contributed by atoms with Gasteiger partial charge in [-0.25, -0.2) is 0 Å². The smallest absolute Gasteiger partial charge is 0.252 e. The SMILES string of the molecule is COc1ccc2c(c1)C(=O)N[C@@]1(CC2)CCN([C@H](C)Cc2ccc(OC)c(OC)c2)C1. The molecule has 1 amide bonds. The maximum absolute atomic E-state index is 13.0. The van der Waals surface area contributed by atoms with Gasteiger partial charge in [0.25, 0.3) is 5.91 Å². The summed E-state index contributed by atoms with van der Waals surface area (Å²) in [4.78, 5) is 15.5. The van der Waals surface area contributed by atoms with Crippen molar-refractivity contribution >= 4 is 5.91 Å². The van der Waals surface area contributed by atoms with E-state index in [0.29, 0.717) is 6.04 Å². The summed E-state index contributed by atoms with van der Waals surface area (Å²) >= 11 is 0. The average Bonchev–Trinajstić information content (AvgIpc) is 3.15. The number of nitrogens with zero attached hydrogens (tertiary/aromatic N) is 1. The molecule has 0 radical (unpaired) electrons. The van der Waals surface area contributed by atoms with E-state index in [2.05, 4.69) is 29.3 Å². The molecule has 1 fully saturated rings. The number of hydrogen-bond donors (Lipinski definition) is 1. The Morgan fingerprint density at radius 3 is 2.58 bits per heavy atom. The Morgan fingerprint density at radius 1 is 1.03 bits per heavy atom. The normalized spacial score (nSPS) is 21.9. The third-order valence-corrected chi connectivity index (χ3v) is 6.80. The lowest BCUT2D eigenvalue weighted by atomic mass is 9.91. The first-order valence-corrected chi connectivity index (χ1v) is 10.9. The summed E-state index contributed by atoms with van der Waals surface area (Å²) in [5, 5.41) is 3.37. The summed E-state index contributed by atoms with van der Waals surface area (Å²) in [6, 6.07) is 12.3. The van der Waals surface area contributed by atoms with Crippen molar-refractivity contribution < 1.29 is 19.0 Å². The van der Waals surface area contributed by atoms with Crippen LogP contribution < -0.4 is 19.5 Å². The van der Waals surface area contributed by atoms with Crippen LogP contribution in [0.4, 0.5) is 0 Å². The molecule has 2 aromatic carbocycles. The highest BCUT2D eigenvalue weighted by Crippen LogP contribution is 2.34. The van der Waals surface area contributed by atoms with Crippen LogP contribution in [-0.2, 0) is 12.8 Å². The Morgan fingerprint density at radius 2 is 1.84 bits per heavy atom. The summed E-state index contributed by atoms with van der Waals surface area (Å²) in [5.41, 5.74) is 2.89. The maximum Gasteiger partial charge on any atom is 0.252 e. The van der Waals surface area contributed by atoms with Gasteiger partial charge in [-0.1, -0.05) is 12.1 Å². The van der Waals surface area contributed by atoms with Crippen LogP contribution in [-0.4, -0.2) is 56.8 Å². The summed E-state index contributed by atoms with van der Waals surface area (Å²) in [5.74, 6) is 2.24. The number of methoxy groups -OCH3 is 3. The number of nitrogens with one attached hydrogen (secondary N) is 1. The highest BCUT2D eigenvalue weighted by molar-refractivity contribution is 5.97. The first-order valence-electron chi connectivity index (χ1n) is 10.9. The Bertz CT molecular complexity index is 961. The third kappa shape index (κ3) is 4.35. The lowest BCUT2D eigenvalue weighted by Gasteiger charge is -2.31. The van der Waals surface area contributed by atoms with Gasteiger partial charge in [0.1, 0.15) is 5.75 Å². The molecule has 2 aliphatic heterocycles. The van der Waals surface area contributed by atoms with Gasteiger partial charge >= 0.3 is 0 Å². The predicted octanol–water partition coefficient (Wildman–Crippen LogP) is 3.46. The summed E-state index contributed by atoms with van der Waals surface area (Å²) < 4.78 is 16.1. The molecule has 2 atom stereocenters. The van der Waals surface area contributed by atoms with Gasteiger partial charge in [0.2, 0.25) is 0 Å². The van der Waals surface area contributed by atoms with Gasteiger partial charge in [-0.2, -0.15) is 0 Å². The van der Waals surface area contributed by atoms with Crippen LogP contribution in [0.1, 0.15) is 41.3 Å². The largest absolute Gasteiger partial charge is 0.497 e. The number of ether oxygens (including phenoxy) is 3. The first-order chi connectivity index (χ1) is 15.0. The Hall–Kier alpha value is -2.73. The van der Waals surface area contributed by atoms with Crippen molar-refractivity contribution in [3.8, 4) is 17.2 Å². The zero-order valence-corrected chi connectivity index (χ0v) is 18.9. The molecule has 2 aromatic rings. The van der Waals surface area contributed by atoms with Crippen molar-refractivity contribution in [2.24, 2.45) is 0 Å². The molecule has 0 aliphatic carbocycles. The number of benzene rings is 2. The Labute approximate surface area is 184 Å². The van der Waals surface area contributed by atoms with E-state index in [9.17, 15) is 4.79 Å². The van der Waals surface area contributed by atoms with E-state index < -0.39 is 0 Å². The van der Waals surface area contributed by atoms with Crippen molar-refractivity contribution in [2.75, 3.05) is 34.4 Å². The molecule has 2 aliphatic rings. The second-order valence-corrected chi connectivity index (χ2v) is 8.72. The van der Waals surface area contributed by atoms with Crippen LogP contribution in [0.15, 0.2) is 36.4 Å². The van der Waals surface area contributed by atoms with Gasteiger partial charge in [-0.15, -0.1) is 0 Å². The minimum Gasteiger partial charge on any atom is -0.497 e. The summed E-state index contributed by atoms with van der Waals surface area (Å²) in [6.45, 7) is 4.11. The quantitative estimate of drug-likeness (QED) is 0.770. The second-order valence-electron chi connectivity index (χ2n) is 8.72. The van der Waals surface area contributed by atoms with Gasteiger partial charge in [0.15, 0.2) is 11.5 Å². The molecule has 0 aromatic heterocycles. The van der Waals surface area contributed by atoms with Crippen LogP contribution in [0.3, 0.4) is 0 Å². The lowest BCUT2D eigenvalue weighted by molar-refractivity contribution is 0.0898. The second kappa shape index (κ2) is 8.79. The van der Waals surface area contributed by atoms with Crippen molar-refractivity contribution in [1.82, 2.24) is 10.2 Å². The lowest BCUT2D eigenvalue weighted by Crippen LogP contribution is -2.50. The fourth-order valence-corrected chi connectivity index (χ4v) is 4.92. The van der Waals surface area contributed by atoms with E-state index in [4.69, 9.17) is 14.2 Å². The number of carbonyl (C=O) groups is 1. The minimum absolute atomic E-state index is 0.0146. The molecule has 6 heteroatoms. The minimum atomic E-state index is -0.171. The molecule has 2 heterocycles. The molecule has 1 N–H and O–H groups in total. The number of hydrogen-bond acceptors (Lipinski definition) is 5. The fraction of sp³-hybridized carbons (Fsp3) is 0.480. The van der Waals surface area contributed by atoms with Gasteiger partial charge in [-0.05, 0) is 68.0 Å². The van der Waals surface area contributed by atoms with E-state index in [1.165, 1.54) is 5.56 Å². The van der Waals surface area contributed by atoms with E-state index in [-0.39, 0.29) is 11.4 Å². The van der Waals surface area contributed by atoms with E-state index in [1.807, 2.05) is 24.3 Å². The molecule has 0 bridgehead atoms. The molecule has 1 spiro atoms. The van der Waals surface area contributed by atoms with Gasteiger partial charge in [-0.3, -0.25) is 9.69 Å². The molecular weight excluding hydrogens is 392 g/mol. The molecule has 4 rings (SSSR count). The van der Waals surface area contributed by atoms with Crippen LogP contribution in [0.2, 0.25) is 0 Å².